The van der Waals surface area contributed by atoms with Crippen LogP contribution in [0.4, 0.5) is 5.69 Å². The minimum atomic E-state index is -0.608. The molecule has 1 fully saturated rings. The van der Waals surface area contributed by atoms with Crippen LogP contribution in [0.2, 0.25) is 0 Å². The molecule has 1 aromatic carbocycles. The number of ether oxygens (including phenoxy) is 1. The molecule has 0 amide bonds. The molecule has 0 unspecified atom stereocenters. The van der Waals surface area contributed by atoms with Crippen LogP contribution in [-0.2, 0) is 0 Å². The molecule has 112 valence electrons. The molecular weight excluding hydrogens is 252 g/mol. The molecule has 2 N–H and O–H groups in total. The van der Waals surface area contributed by atoms with Crippen molar-refractivity contribution >= 4 is 5.69 Å². The summed E-state index contributed by atoms with van der Waals surface area (Å²) in [4.78, 5) is 2.33. The summed E-state index contributed by atoms with van der Waals surface area (Å²) in [5, 5.41) is 13.4. The Morgan fingerprint density at radius 1 is 1.30 bits per heavy atom. The topological polar surface area (TPSA) is 44.7 Å². The van der Waals surface area contributed by atoms with Crippen molar-refractivity contribution in [3.05, 3.63) is 24.3 Å². The van der Waals surface area contributed by atoms with Gasteiger partial charge in [-0.25, -0.2) is 0 Å². The third kappa shape index (κ3) is 4.39. The summed E-state index contributed by atoms with van der Waals surface area (Å²) in [5.74, 6) is 0.895. The van der Waals surface area contributed by atoms with Gasteiger partial charge in [0.05, 0.1) is 18.4 Å². The summed E-state index contributed by atoms with van der Waals surface area (Å²) in [6, 6.07) is 8.52. The minimum absolute atomic E-state index is 0.476. The van der Waals surface area contributed by atoms with E-state index in [0.29, 0.717) is 6.04 Å². The lowest BCUT2D eigenvalue weighted by Gasteiger charge is -2.36. The number of aliphatic hydroxyl groups is 1. The molecule has 4 heteroatoms. The third-order valence-electron chi connectivity index (χ3n) is 3.66. The summed E-state index contributed by atoms with van der Waals surface area (Å²) in [7, 11) is 1.70. The summed E-state index contributed by atoms with van der Waals surface area (Å²) in [6.07, 6.45) is 2.18. The molecule has 0 aromatic heterocycles. The zero-order valence-electron chi connectivity index (χ0n) is 12.7. The molecule has 2 rings (SSSR count). The smallest absolute Gasteiger partial charge is 0.141 e. The Labute approximate surface area is 121 Å². The summed E-state index contributed by atoms with van der Waals surface area (Å²) < 4.78 is 5.37. The molecular formula is C16H26N2O2. The number of hydrogen-bond acceptors (Lipinski definition) is 4. The average molecular weight is 278 g/mol. The van der Waals surface area contributed by atoms with Gasteiger partial charge in [0.25, 0.3) is 0 Å². The standard InChI is InChI=1S/C16H26N2O2/c1-16(2,19)12-18-10-8-13(9-11-18)17-14-6-4-5-7-15(14)20-3/h4-7,13,17,19H,8-12H2,1-3H3. The van der Waals surface area contributed by atoms with Crippen LogP contribution in [-0.4, -0.2) is 48.4 Å². The van der Waals surface area contributed by atoms with Gasteiger partial charge in [-0.05, 0) is 38.8 Å². The maximum absolute atomic E-state index is 9.87. The van der Waals surface area contributed by atoms with E-state index in [-0.39, 0.29) is 0 Å². The maximum Gasteiger partial charge on any atom is 0.141 e. The van der Waals surface area contributed by atoms with Gasteiger partial charge in [-0.15, -0.1) is 0 Å². The SMILES string of the molecule is COc1ccccc1NC1CCN(CC(C)(C)O)CC1. The van der Waals surface area contributed by atoms with Crippen molar-refractivity contribution in [3.63, 3.8) is 0 Å². The van der Waals surface area contributed by atoms with Gasteiger partial charge in [-0.3, -0.25) is 0 Å². The van der Waals surface area contributed by atoms with Gasteiger partial charge in [0.2, 0.25) is 0 Å². The predicted octanol–water partition coefficient (Wildman–Crippen LogP) is 2.34. The van der Waals surface area contributed by atoms with E-state index in [4.69, 9.17) is 4.74 Å². The van der Waals surface area contributed by atoms with Gasteiger partial charge in [0, 0.05) is 25.7 Å². The van der Waals surface area contributed by atoms with Crippen molar-refractivity contribution < 1.29 is 9.84 Å². The Morgan fingerprint density at radius 3 is 2.55 bits per heavy atom. The van der Waals surface area contributed by atoms with Crippen LogP contribution < -0.4 is 10.1 Å². The van der Waals surface area contributed by atoms with E-state index in [1.165, 1.54) is 0 Å². The maximum atomic E-state index is 9.87. The lowest BCUT2D eigenvalue weighted by molar-refractivity contribution is 0.0291. The van der Waals surface area contributed by atoms with Gasteiger partial charge in [0.1, 0.15) is 5.75 Å². The Kier molecular flexibility index (Phi) is 4.89. The molecule has 0 saturated carbocycles. The van der Waals surface area contributed by atoms with Crippen LogP contribution in [0, 0.1) is 0 Å². The van der Waals surface area contributed by atoms with E-state index >= 15 is 0 Å². The highest BCUT2D eigenvalue weighted by molar-refractivity contribution is 5.56. The number of para-hydroxylation sites is 2. The lowest BCUT2D eigenvalue weighted by atomic mass is 10.0. The first-order valence-electron chi connectivity index (χ1n) is 7.32. The molecule has 0 atom stereocenters. The van der Waals surface area contributed by atoms with Gasteiger partial charge in [-0.1, -0.05) is 12.1 Å². The van der Waals surface area contributed by atoms with E-state index < -0.39 is 5.60 Å². The third-order valence-corrected chi connectivity index (χ3v) is 3.66. The number of anilines is 1. The van der Waals surface area contributed by atoms with Crippen LogP contribution in [0.3, 0.4) is 0 Å². The molecule has 1 aromatic rings. The fourth-order valence-corrected chi connectivity index (χ4v) is 2.77. The van der Waals surface area contributed by atoms with Crippen molar-refractivity contribution in [2.75, 3.05) is 32.1 Å². The highest BCUT2D eigenvalue weighted by Gasteiger charge is 2.24. The van der Waals surface area contributed by atoms with Crippen LogP contribution >= 0.6 is 0 Å². The van der Waals surface area contributed by atoms with Gasteiger partial charge >= 0.3 is 0 Å². The predicted molar refractivity (Wildman–Crippen MR) is 82.4 cm³/mol. The number of nitrogens with zero attached hydrogens (tertiary/aromatic N) is 1. The Morgan fingerprint density at radius 2 is 1.95 bits per heavy atom. The fraction of sp³-hybridized carbons (Fsp3) is 0.625. The molecule has 0 spiro atoms. The number of nitrogens with one attached hydrogen (secondary N) is 1. The summed E-state index contributed by atoms with van der Waals surface area (Å²) >= 11 is 0. The first-order valence-corrected chi connectivity index (χ1v) is 7.32. The summed E-state index contributed by atoms with van der Waals surface area (Å²) in [6.45, 7) is 6.53. The second-order valence-electron chi connectivity index (χ2n) is 6.21. The fourth-order valence-electron chi connectivity index (χ4n) is 2.77. The van der Waals surface area contributed by atoms with E-state index in [1.807, 2.05) is 32.0 Å². The molecule has 1 aliphatic heterocycles. The Hall–Kier alpha value is -1.26. The van der Waals surface area contributed by atoms with Crippen LogP contribution in [0.15, 0.2) is 24.3 Å². The molecule has 20 heavy (non-hydrogen) atoms. The first-order chi connectivity index (χ1) is 9.48. The molecule has 0 bridgehead atoms. The van der Waals surface area contributed by atoms with Crippen molar-refractivity contribution in [2.24, 2.45) is 0 Å². The molecule has 0 aliphatic carbocycles. The number of likely N-dealkylation sites (tertiary alicyclic amines) is 1. The summed E-state index contributed by atoms with van der Waals surface area (Å²) in [5.41, 5.74) is 0.457. The molecule has 1 aliphatic rings. The average Bonchev–Trinajstić information content (AvgIpc) is 2.40. The van der Waals surface area contributed by atoms with Crippen LogP contribution in [0.1, 0.15) is 26.7 Å². The lowest BCUT2D eigenvalue weighted by Crippen LogP contribution is -2.45. The highest BCUT2D eigenvalue weighted by atomic mass is 16.5. The number of piperidine rings is 1. The number of methoxy groups -OCH3 is 1. The van der Waals surface area contributed by atoms with E-state index in [9.17, 15) is 5.11 Å². The van der Waals surface area contributed by atoms with Crippen LogP contribution in [0.25, 0.3) is 0 Å². The number of rotatable bonds is 5. The van der Waals surface area contributed by atoms with Gasteiger partial charge in [-0.2, -0.15) is 0 Å². The van der Waals surface area contributed by atoms with Crippen molar-refractivity contribution in [3.8, 4) is 5.75 Å². The largest absolute Gasteiger partial charge is 0.495 e. The second kappa shape index (κ2) is 6.46. The molecule has 1 saturated heterocycles. The highest BCUT2D eigenvalue weighted by Crippen LogP contribution is 2.26. The Bertz CT molecular complexity index is 421. The van der Waals surface area contributed by atoms with Crippen molar-refractivity contribution in [1.82, 2.24) is 4.90 Å². The van der Waals surface area contributed by atoms with E-state index in [2.05, 4.69) is 16.3 Å². The van der Waals surface area contributed by atoms with Gasteiger partial charge < -0.3 is 20.1 Å². The minimum Gasteiger partial charge on any atom is -0.495 e. The van der Waals surface area contributed by atoms with E-state index in [1.54, 1.807) is 7.11 Å². The van der Waals surface area contributed by atoms with Crippen LogP contribution in [0.5, 0.6) is 5.75 Å². The quantitative estimate of drug-likeness (QED) is 0.868. The van der Waals surface area contributed by atoms with Gasteiger partial charge in [0.15, 0.2) is 0 Å². The Balaban J connectivity index is 1.85. The first kappa shape index (κ1) is 15.1. The molecule has 0 radical (unpaired) electrons. The normalized spacial score (nSPS) is 18.0. The second-order valence-corrected chi connectivity index (χ2v) is 6.21. The van der Waals surface area contributed by atoms with Crippen molar-refractivity contribution in [2.45, 2.75) is 38.3 Å². The number of β-amino-alcohol motifs (C(OH)–C–C–N with tert-alkyl or cyclic N) is 1. The zero-order valence-corrected chi connectivity index (χ0v) is 12.7. The number of benzene rings is 1. The van der Waals surface area contributed by atoms with E-state index in [0.717, 1.165) is 43.9 Å². The molecule has 1 heterocycles. The molecule has 4 nitrogen and oxygen atoms in total. The van der Waals surface area contributed by atoms with Crippen molar-refractivity contribution in [1.29, 1.82) is 0 Å². The zero-order chi connectivity index (χ0) is 14.6. The number of hydrogen-bond donors (Lipinski definition) is 2. The monoisotopic (exact) mass is 278 g/mol.